The molecule has 184 valence electrons. The van der Waals surface area contributed by atoms with E-state index in [0.717, 1.165) is 0 Å². The van der Waals surface area contributed by atoms with Crippen LogP contribution >= 0.6 is 0 Å². The molecule has 0 aromatic heterocycles. The Hall–Kier alpha value is -4.66. The highest BCUT2D eigenvalue weighted by atomic mass is 16.6. The Morgan fingerprint density at radius 1 is 0.889 bits per heavy atom. The molecule has 1 unspecified atom stereocenters. The van der Waals surface area contributed by atoms with Crippen molar-refractivity contribution in [3.8, 4) is 11.5 Å². The van der Waals surface area contributed by atoms with E-state index in [2.05, 4.69) is 0 Å². The second-order valence-corrected chi connectivity index (χ2v) is 7.90. The fourth-order valence-electron chi connectivity index (χ4n) is 4.09. The summed E-state index contributed by atoms with van der Waals surface area (Å²) in [7, 11) is 0. The summed E-state index contributed by atoms with van der Waals surface area (Å²) in [6, 6.07) is 17.8. The first-order valence-electron chi connectivity index (χ1n) is 11.4. The number of anilines is 1. The minimum atomic E-state index is -0.936. The molecule has 1 atom stereocenters. The number of hydrogen-bond donors (Lipinski definition) is 1. The van der Waals surface area contributed by atoms with Gasteiger partial charge >= 0.3 is 0 Å². The number of aliphatic hydroxyl groups excluding tert-OH is 1. The number of nitro benzene ring substituents is 1. The van der Waals surface area contributed by atoms with Crippen molar-refractivity contribution in [3.05, 3.63) is 99.6 Å². The molecule has 0 bridgehead atoms. The normalized spacial score (nSPS) is 16.7. The predicted molar refractivity (Wildman–Crippen MR) is 133 cm³/mol. The van der Waals surface area contributed by atoms with E-state index in [1.165, 1.54) is 29.2 Å². The minimum absolute atomic E-state index is 0.119. The molecule has 1 aliphatic rings. The molecule has 1 saturated heterocycles. The lowest BCUT2D eigenvalue weighted by molar-refractivity contribution is -0.384. The van der Waals surface area contributed by atoms with Gasteiger partial charge in [0.15, 0.2) is 0 Å². The van der Waals surface area contributed by atoms with E-state index in [-0.39, 0.29) is 16.8 Å². The van der Waals surface area contributed by atoms with Gasteiger partial charge in [0.05, 0.1) is 29.8 Å². The summed E-state index contributed by atoms with van der Waals surface area (Å²) < 4.78 is 11.0. The number of non-ortho nitro benzene ring substituents is 1. The van der Waals surface area contributed by atoms with Gasteiger partial charge in [0, 0.05) is 23.4 Å². The second kappa shape index (κ2) is 10.3. The molecule has 3 aromatic rings. The number of amides is 1. The van der Waals surface area contributed by atoms with Gasteiger partial charge < -0.3 is 14.6 Å². The molecule has 9 nitrogen and oxygen atoms in total. The molecule has 1 aliphatic heterocycles. The maximum absolute atomic E-state index is 13.2. The van der Waals surface area contributed by atoms with Gasteiger partial charge in [0.25, 0.3) is 17.4 Å². The molecule has 9 heteroatoms. The predicted octanol–water partition coefficient (Wildman–Crippen LogP) is 5.02. The van der Waals surface area contributed by atoms with Crippen LogP contribution in [-0.4, -0.2) is 34.9 Å². The summed E-state index contributed by atoms with van der Waals surface area (Å²) in [4.78, 5) is 38.3. The molecule has 36 heavy (non-hydrogen) atoms. The summed E-state index contributed by atoms with van der Waals surface area (Å²) in [5, 5.41) is 22.2. The van der Waals surface area contributed by atoms with E-state index in [0.29, 0.717) is 36.0 Å². The number of nitrogens with zero attached hydrogens (tertiary/aromatic N) is 2. The third-order valence-electron chi connectivity index (χ3n) is 5.73. The van der Waals surface area contributed by atoms with Crippen molar-refractivity contribution < 1.29 is 29.1 Å². The standard InChI is InChI=1S/C27H24N2O7/c1-3-35-21-13-7-17(8-14-21)24-23(25(30)18-5-9-20(10-6-18)29(33)34)26(31)27(32)28(24)19-11-15-22(16-12-19)36-4-2/h5-16,24,30H,3-4H2,1-2H3/b25-23-. The maximum Gasteiger partial charge on any atom is 0.300 e. The number of benzene rings is 3. The summed E-state index contributed by atoms with van der Waals surface area (Å²) in [5.74, 6) is -0.855. The van der Waals surface area contributed by atoms with Crippen molar-refractivity contribution in [1.82, 2.24) is 0 Å². The fraction of sp³-hybridized carbons (Fsp3) is 0.185. The van der Waals surface area contributed by atoms with Crippen LogP contribution in [0.5, 0.6) is 11.5 Å². The number of ether oxygens (including phenoxy) is 2. The van der Waals surface area contributed by atoms with E-state index in [9.17, 15) is 24.8 Å². The summed E-state index contributed by atoms with van der Waals surface area (Å²) in [6.07, 6.45) is 0. The van der Waals surface area contributed by atoms with E-state index in [1.54, 1.807) is 48.5 Å². The van der Waals surface area contributed by atoms with E-state index >= 15 is 0 Å². The van der Waals surface area contributed by atoms with Crippen LogP contribution in [0.3, 0.4) is 0 Å². The second-order valence-electron chi connectivity index (χ2n) is 7.90. The third-order valence-corrected chi connectivity index (χ3v) is 5.73. The lowest BCUT2D eigenvalue weighted by atomic mass is 9.95. The molecule has 4 rings (SSSR count). The lowest BCUT2D eigenvalue weighted by Gasteiger charge is -2.25. The molecule has 1 N–H and O–H groups in total. The van der Waals surface area contributed by atoms with E-state index < -0.39 is 28.4 Å². The minimum Gasteiger partial charge on any atom is -0.507 e. The van der Waals surface area contributed by atoms with E-state index in [1.807, 2.05) is 13.8 Å². The highest BCUT2D eigenvalue weighted by Crippen LogP contribution is 2.42. The molecule has 1 amide bonds. The Morgan fingerprint density at radius 2 is 1.42 bits per heavy atom. The molecular formula is C27H24N2O7. The van der Waals surface area contributed by atoms with Crippen molar-refractivity contribution in [2.45, 2.75) is 19.9 Å². The smallest absolute Gasteiger partial charge is 0.300 e. The Morgan fingerprint density at radius 3 is 1.92 bits per heavy atom. The molecule has 1 heterocycles. The van der Waals surface area contributed by atoms with Crippen LogP contribution in [-0.2, 0) is 9.59 Å². The quantitative estimate of drug-likeness (QED) is 0.155. The van der Waals surface area contributed by atoms with Gasteiger partial charge in [0.1, 0.15) is 17.3 Å². The monoisotopic (exact) mass is 488 g/mol. The maximum atomic E-state index is 13.2. The molecular weight excluding hydrogens is 464 g/mol. The number of Topliss-reactive ketones (excluding diaryl/α,β-unsaturated/α-hetero) is 1. The summed E-state index contributed by atoms with van der Waals surface area (Å²) in [5.41, 5.74) is 0.926. The molecule has 0 radical (unpaired) electrons. The molecule has 0 spiro atoms. The number of ketones is 1. The van der Waals surface area contributed by atoms with Gasteiger partial charge in [-0.25, -0.2) is 0 Å². The van der Waals surface area contributed by atoms with Crippen LogP contribution in [0, 0.1) is 10.1 Å². The SMILES string of the molecule is CCOc1ccc(C2/C(=C(/O)c3ccc([N+](=O)[O-])cc3)C(=O)C(=O)N2c2ccc(OCC)cc2)cc1. The summed E-state index contributed by atoms with van der Waals surface area (Å²) >= 11 is 0. The number of carbonyl (C=O) groups is 2. The Labute approximate surface area is 207 Å². The number of nitro groups is 1. The van der Waals surface area contributed by atoms with Crippen LogP contribution in [0.15, 0.2) is 78.4 Å². The van der Waals surface area contributed by atoms with E-state index in [4.69, 9.17) is 9.47 Å². The van der Waals surface area contributed by atoms with Crippen LogP contribution in [0.4, 0.5) is 11.4 Å². The van der Waals surface area contributed by atoms with Crippen molar-refractivity contribution in [2.24, 2.45) is 0 Å². The van der Waals surface area contributed by atoms with Crippen molar-refractivity contribution in [3.63, 3.8) is 0 Å². The first kappa shape index (κ1) is 24.5. The Kier molecular flexibility index (Phi) is 7.00. The van der Waals surface area contributed by atoms with Gasteiger partial charge in [-0.2, -0.15) is 0 Å². The number of rotatable bonds is 8. The highest BCUT2D eigenvalue weighted by molar-refractivity contribution is 6.51. The lowest BCUT2D eigenvalue weighted by Crippen LogP contribution is -2.29. The number of aliphatic hydroxyl groups is 1. The van der Waals surface area contributed by atoms with Crippen molar-refractivity contribution >= 4 is 28.8 Å². The van der Waals surface area contributed by atoms with Crippen molar-refractivity contribution in [1.29, 1.82) is 0 Å². The summed E-state index contributed by atoms with van der Waals surface area (Å²) in [6.45, 7) is 4.67. The Bertz CT molecular complexity index is 1310. The largest absolute Gasteiger partial charge is 0.507 e. The molecule has 1 fully saturated rings. The average molecular weight is 488 g/mol. The highest BCUT2D eigenvalue weighted by Gasteiger charge is 2.47. The third kappa shape index (κ3) is 4.63. The van der Waals surface area contributed by atoms with Gasteiger partial charge in [-0.05, 0) is 67.9 Å². The zero-order valence-electron chi connectivity index (χ0n) is 19.7. The first-order chi connectivity index (χ1) is 17.3. The molecule has 0 saturated carbocycles. The molecule has 3 aromatic carbocycles. The average Bonchev–Trinajstić information content (AvgIpc) is 3.15. The Balaban J connectivity index is 1.85. The zero-order valence-corrected chi connectivity index (χ0v) is 19.7. The zero-order chi connectivity index (χ0) is 25.8. The number of hydrogen-bond acceptors (Lipinski definition) is 7. The molecule has 0 aliphatic carbocycles. The van der Waals surface area contributed by atoms with Crippen LogP contribution in [0.2, 0.25) is 0 Å². The number of carbonyl (C=O) groups excluding carboxylic acids is 2. The topological polar surface area (TPSA) is 119 Å². The van der Waals surface area contributed by atoms with Gasteiger partial charge in [0.2, 0.25) is 0 Å². The van der Waals surface area contributed by atoms with Gasteiger partial charge in [-0.1, -0.05) is 12.1 Å². The van der Waals surface area contributed by atoms with Crippen LogP contribution < -0.4 is 14.4 Å². The van der Waals surface area contributed by atoms with Gasteiger partial charge in [-0.15, -0.1) is 0 Å². The first-order valence-corrected chi connectivity index (χ1v) is 11.4. The van der Waals surface area contributed by atoms with Crippen LogP contribution in [0.25, 0.3) is 5.76 Å². The van der Waals surface area contributed by atoms with Crippen LogP contribution in [0.1, 0.15) is 31.0 Å². The van der Waals surface area contributed by atoms with Gasteiger partial charge in [-0.3, -0.25) is 24.6 Å². The fourth-order valence-corrected chi connectivity index (χ4v) is 4.09. The van der Waals surface area contributed by atoms with Crippen molar-refractivity contribution in [2.75, 3.05) is 18.1 Å².